The molecule has 0 nitrogen and oxygen atoms in total. The molecule has 0 radical (unpaired) electrons. The minimum Gasteiger partial charge on any atom is -0.157 e. The van der Waals surface area contributed by atoms with Crippen LogP contribution in [0.2, 0.25) is 0 Å². The second kappa shape index (κ2) is 8.39. The highest BCUT2D eigenvalue weighted by atomic mass is 32.2. The van der Waals surface area contributed by atoms with Crippen LogP contribution < -0.4 is 0 Å². The lowest BCUT2D eigenvalue weighted by Gasteiger charge is -2.31. The van der Waals surface area contributed by atoms with Crippen LogP contribution in [0.5, 0.6) is 0 Å². The Balaban J connectivity index is 2.24. The smallest absolute Gasteiger partial charge is 0.0148 e. The Morgan fingerprint density at radius 2 is 1.53 bits per heavy atom. The third-order valence-corrected chi connectivity index (χ3v) is 6.06. The van der Waals surface area contributed by atoms with E-state index in [0.717, 1.165) is 11.8 Å². The van der Waals surface area contributed by atoms with Gasteiger partial charge in [-0.15, -0.1) is 0 Å². The molecule has 0 saturated carbocycles. The fourth-order valence-corrected chi connectivity index (χ4v) is 5.25. The topological polar surface area (TPSA) is 0 Å². The lowest BCUT2D eigenvalue weighted by molar-refractivity contribution is 0.470. The highest BCUT2D eigenvalue weighted by Gasteiger charge is 2.26. The molecule has 110 valence electrons. The minimum atomic E-state index is 0.935. The molecule has 0 N–H and O–H groups in total. The van der Waals surface area contributed by atoms with Gasteiger partial charge in [-0.2, -0.15) is 11.8 Å². The second-order valence-corrected chi connectivity index (χ2v) is 7.57. The van der Waals surface area contributed by atoms with Crippen LogP contribution in [-0.4, -0.2) is 11.5 Å². The quantitative estimate of drug-likeness (QED) is 0.551. The van der Waals surface area contributed by atoms with Gasteiger partial charge in [0.15, 0.2) is 0 Å². The van der Waals surface area contributed by atoms with Crippen LogP contribution in [-0.2, 0) is 0 Å². The van der Waals surface area contributed by atoms with Crippen molar-refractivity contribution in [2.24, 2.45) is 11.8 Å². The zero-order valence-corrected chi connectivity index (χ0v) is 13.9. The Kier molecular flexibility index (Phi) is 6.84. The van der Waals surface area contributed by atoms with Crippen LogP contribution in [0.25, 0.3) is 0 Å². The van der Waals surface area contributed by atoms with Crippen molar-refractivity contribution in [3.63, 3.8) is 0 Å². The van der Waals surface area contributed by atoms with Gasteiger partial charge in [-0.25, -0.2) is 0 Å². The van der Waals surface area contributed by atoms with Crippen molar-refractivity contribution in [2.45, 2.75) is 78.1 Å². The zero-order chi connectivity index (χ0) is 13.5. The normalized spacial score (nSPS) is 29.4. The molecule has 0 saturated heterocycles. The summed E-state index contributed by atoms with van der Waals surface area (Å²) < 4.78 is 0. The molecule has 0 spiro atoms. The molecule has 0 aromatic carbocycles. The van der Waals surface area contributed by atoms with E-state index in [4.69, 9.17) is 0 Å². The first kappa shape index (κ1) is 15.5. The van der Waals surface area contributed by atoms with Gasteiger partial charge in [0.25, 0.3) is 0 Å². The Morgan fingerprint density at radius 1 is 0.895 bits per heavy atom. The summed E-state index contributed by atoms with van der Waals surface area (Å²) in [6, 6.07) is 0. The van der Waals surface area contributed by atoms with E-state index in [1.807, 2.05) is 11.1 Å². The number of allylic oxidation sites excluding steroid dienone is 1. The summed E-state index contributed by atoms with van der Waals surface area (Å²) in [6.07, 6.45) is 14.4. The summed E-state index contributed by atoms with van der Waals surface area (Å²) in [5.41, 5.74) is 3.85. The number of rotatable bonds is 4. The standard InChI is InChI=1S/C18H32S/c1-3-8-15-10-6-5-7-11-16(9-4-2)18-14-19-13-12-17(15)18/h15-16H,3-14H2,1-2H3. The molecule has 0 fully saturated rings. The Labute approximate surface area is 124 Å². The van der Waals surface area contributed by atoms with Gasteiger partial charge in [-0.1, -0.05) is 57.1 Å². The van der Waals surface area contributed by atoms with E-state index >= 15 is 0 Å². The van der Waals surface area contributed by atoms with Crippen molar-refractivity contribution < 1.29 is 0 Å². The Hall–Kier alpha value is 0.0900. The third kappa shape index (κ3) is 4.28. The van der Waals surface area contributed by atoms with Crippen LogP contribution in [0.1, 0.15) is 78.1 Å². The molecule has 0 amide bonds. The van der Waals surface area contributed by atoms with Gasteiger partial charge in [-0.05, 0) is 49.7 Å². The average molecular weight is 281 g/mol. The maximum atomic E-state index is 2.37. The molecule has 19 heavy (non-hydrogen) atoms. The first-order valence-electron chi connectivity index (χ1n) is 8.66. The summed E-state index contributed by atoms with van der Waals surface area (Å²) >= 11 is 2.20. The summed E-state index contributed by atoms with van der Waals surface area (Å²) in [4.78, 5) is 0. The van der Waals surface area contributed by atoms with Crippen LogP contribution >= 0.6 is 11.8 Å². The van der Waals surface area contributed by atoms with Crippen LogP contribution in [0, 0.1) is 11.8 Å². The summed E-state index contributed by atoms with van der Waals surface area (Å²) in [5, 5.41) is 0. The van der Waals surface area contributed by atoms with E-state index in [1.165, 1.54) is 75.7 Å². The Morgan fingerprint density at radius 3 is 2.16 bits per heavy atom. The van der Waals surface area contributed by atoms with E-state index in [0.29, 0.717) is 0 Å². The van der Waals surface area contributed by atoms with E-state index in [1.54, 1.807) is 0 Å². The van der Waals surface area contributed by atoms with Gasteiger partial charge >= 0.3 is 0 Å². The lowest BCUT2D eigenvalue weighted by atomic mass is 9.81. The predicted octanol–water partition coefficient (Wildman–Crippen LogP) is 6.22. The van der Waals surface area contributed by atoms with Crippen LogP contribution in [0.3, 0.4) is 0 Å². The minimum absolute atomic E-state index is 0.935. The lowest BCUT2D eigenvalue weighted by Crippen LogP contribution is -2.18. The summed E-state index contributed by atoms with van der Waals surface area (Å²) in [5.74, 6) is 4.63. The molecule has 2 atom stereocenters. The maximum absolute atomic E-state index is 2.37. The largest absolute Gasteiger partial charge is 0.157 e. The van der Waals surface area contributed by atoms with E-state index in [2.05, 4.69) is 25.6 Å². The fraction of sp³-hybridized carbons (Fsp3) is 0.889. The van der Waals surface area contributed by atoms with Gasteiger partial charge in [0.2, 0.25) is 0 Å². The third-order valence-electron chi connectivity index (χ3n) is 5.05. The van der Waals surface area contributed by atoms with E-state index in [9.17, 15) is 0 Å². The second-order valence-electron chi connectivity index (χ2n) is 6.46. The molecule has 2 rings (SSSR count). The molecule has 0 aromatic heterocycles. The van der Waals surface area contributed by atoms with Crippen molar-refractivity contribution in [3.8, 4) is 0 Å². The van der Waals surface area contributed by atoms with E-state index in [-0.39, 0.29) is 0 Å². The van der Waals surface area contributed by atoms with Crippen molar-refractivity contribution in [1.29, 1.82) is 0 Å². The molecular weight excluding hydrogens is 248 g/mol. The van der Waals surface area contributed by atoms with Crippen molar-refractivity contribution >= 4 is 11.8 Å². The van der Waals surface area contributed by atoms with E-state index < -0.39 is 0 Å². The number of hydrogen-bond donors (Lipinski definition) is 0. The molecule has 1 heterocycles. The maximum Gasteiger partial charge on any atom is 0.0148 e. The zero-order valence-electron chi connectivity index (χ0n) is 13.0. The monoisotopic (exact) mass is 280 g/mol. The number of hydrogen-bond acceptors (Lipinski definition) is 1. The predicted molar refractivity (Wildman–Crippen MR) is 88.8 cm³/mol. The highest BCUT2D eigenvalue weighted by Crippen LogP contribution is 2.41. The first-order valence-corrected chi connectivity index (χ1v) is 9.81. The van der Waals surface area contributed by atoms with Gasteiger partial charge in [0, 0.05) is 5.75 Å². The molecule has 2 aliphatic rings. The molecule has 0 bridgehead atoms. The van der Waals surface area contributed by atoms with Crippen molar-refractivity contribution in [1.82, 2.24) is 0 Å². The molecule has 2 unspecified atom stereocenters. The average Bonchev–Trinajstić information content (AvgIpc) is 2.51. The van der Waals surface area contributed by atoms with Gasteiger partial charge in [0.1, 0.15) is 0 Å². The summed E-state index contributed by atoms with van der Waals surface area (Å²) in [6.45, 7) is 4.74. The number of thioether (sulfide) groups is 1. The highest BCUT2D eigenvalue weighted by molar-refractivity contribution is 7.99. The molecule has 1 aliphatic carbocycles. The SMILES string of the molecule is CCCC1CCCCCC(CCC)C2=C1CCSC2. The van der Waals surface area contributed by atoms with Crippen molar-refractivity contribution in [3.05, 3.63) is 11.1 Å². The van der Waals surface area contributed by atoms with Crippen LogP contribution in [0.15, 0.2) is 11.1 Å². The van der Waals surface area contributed by atoms with Gasteiger partial charge in [-0.3, -0.25) is 0 Å². The van der Waals surface area contributed by atoms with Gasteiger partial charge < -0.3 is 0 Å². The van der Waals surface area contributed by atoms with Crippen molar-refractivity contribution in [2.75, 3.05) is 11.5 Å². The molecule has 1 heteroatoms. The summed E-state index contributed by atoms with van der Waals surface area (Å²) in [7, 11) is 0. The van der Waals surface area contributed by atoms with Gasteiger partial charge in [0.05, 0.1) is 0 Å². The fourth-order valence-electron chi connectivity index (χ4n) is 4.10. The molecule has 0 aromatic rings. The Bertz CT molecular complexity index is 264. The molecule has 1 aliphatic heterocycles. The van der Waals surface area contributed by atoms with Crippen LogP contribution in [0.4, 0.5) is 0 Å². The molecular formula is C18H32S. The first-order chi connectivity index (χ1) is 9.36.